The number of hydrogen-bond acceptors (Lipinski definition) is 3. The normalized spacial score (nSPS) is 11.0. The maximum Gasteiger partial charge on any atom is 0.417 e. The lowest BCUT2D eigenvalue weighted by molar-refractivity contribution is 0.555. The Labute approximate surface area is 122 Å². The summed E-state index contributed by atoms with van der Waals surface area (Å²) in [6.07, 6.45) is 1.90. The summed E-state index contributed by atoms with van der Waals surface area (Å²) in [6, 6.07) is 11.9. The number of hydrogen-bond donors (Lipinski definition) is 2. The number of para-hydroxylation sites is 2. The first-order valence-corrected chi connectivity index (χ1v) is 7.22. The van der Waals surface area contributed by atoms with Gasteiger partial charge in [0.2, 0.25) is 0 Å². The molecule has 0 saturated carbocycles. The number of H-pyrrole nitrogens is 1. The van der Waals surface area contributed by atoms with E-state index in [1.807, 2.05) is 12.1 Å². The Balaban J connectivity index is 2.12. The van der Waals surface area contributed by atoms with Gasteiger partial charge < -0.3 is 9.73 Å². The molecule has 1 heterocycles. The van der Waals surface area contributed by atoms with Crippen LogP contribution in [0.1, 0.15) is 25.0 Å². The molecular formula is C17H18N2O2. The molecule has 0 radical (unpaired) electrons. The van der Waals surface area contributed by atoms with Gasteiger partial charge in [0.25, 0.3) is 0 Å². The van der Waals surface area contributed by atoms with Gasteiger partial charge >= 0.3 is 5.76 Å². The standard InChI is InChI=1S/C17H18N2O2/c1-3-11-7-5-8-12(4-2)15(11)18-13-9-6-10-14-16(13)19-17(20)21-14/h5-10,18H,3-4H2,1-2H3,(H,19,20). The molecule has 0 aliphatic carbocycles. The fourth-order valence-electron chi connectivity index (χ4n) is 2.61. The van der Waals surface area contributed by atoms with Gasteiger partial charge in [-0.2, -0.15) is 0 Å². The van der Waals surface area contributed by atoms with Gasteiger partial charge in [0.1, 0.15) is 5.52 Å². The molecule has 4 heteroatoms. The van der Waals surface area contributed by atoms with Gasteiger partial charge in [0.05, 0.1) is 5.69 Å². The van der Waals surface area contributed by atoms with Crippen LogP contribution < -0.4 is 11.1 Å². The molecule has 108 valence electrons. The van der Waals surface area contributed by atoms with E-state index in [-0.39, 0.29) is 0 Å². The van der Waals surface area contributed by atoms with Crippen LogP contribution in [0.4, 0.5) is 11.4 Å². The van der Waals surface area contributed by atoms with Gasteiger partial charge in [-0.1, -0.05) is 38.1 Å². The molecule has 2 aromatic carbocycles. The van der Waals surface area contributed by atoms with Crippen LogP contribution >= 0.6 is 0 Å². The van der Waals surface area contributed by atoms with Gasteiger partial charge in [-0.15, -0.1) is 0 Å². The summed E-state index contributed by atoms with van der Waals surface area (Å²) in [5.41, 5.74) is 5.77. The van der Waals surface area contributed by atoms with E-state index in [2.05, 4.69) is 42.3 Å². The predicted octanol–water partition coefficient (Wildman–Crippen LogP) is 3.99. The summed E-state index contributed by atoms with van der Waals surface area (Å²) in [4.78, 5) is 14.1. The number of aromatic amines is 1. The molecule has 2 N–H and O–H groups in total. The van der Waals surface area contributed by atoms with Gasteiger partial charge in [-0.05, 0) is 36.1 Å². The molecule has 0 saturated heterocycles. The van der Waals surface area contributed by atoms with Crippen LogP contribution in [0.3, 0.4) is 0 Å². The molecular weight excluding hydrogens is 264 g/mol. The van der Waals surface area contributed by atoms with Crippen molar-refractivity contribution in [3.05, 3.63) is 58.1 Å². The number of aromatic nitrogens is 1. The van der Waals surface area contributed by atoms with Crippen molar-refractivity contribution in [1.29, 1.82) is 0 Å². The Morgan fingerprint density at radius 3 is 2.38 bits per heavy atom. The molecule has 0 spiro atoms. The second-order valence-electron chi connectivity index (χ2n) is 4.98. The molecule has 0 aliphatic heterocycles. The highest BCUT2D eigenvalue weighted by atomic mass is 16.4. The number of fused-ring (bicyclic) bond motifs is 1. The maximum absolute atomic E-state index is 11.4. The Morgan fingerprint density at radius 2 is 1.71 bits per heavy atom. The van der Waals surface area contributed by atoms with Gasteiger partial charge in [0.15, 0.2) is 5.58 Å². The lowest BCUT2D eigenvalue weighted by atomic mass is 10.0. The second-order valence-corrected chi connectivity index (χ2v) is 4.98. The summed E-state index contributed by atoms with van der Waals surface area (Å²) in [5, 5.41) is 3.47. The molecule has 1 aromatic heterocycles. The monoisotopic (exact) mass is 282 g/mol. The second kappa shape index (κ2) is 5.48. The molecule has 0 aliphatic rings. The molecule has 3 rings (SSSR count). The third-order valence-corrected chi connectivity index (χ3v) is 3.71. The number of rotatable bonds is 4. The summed E-state index contributed by atoms with van der Waals surface area (Å²) in [6.45, 7) is 4.28. The number of aryl methyl sites for hydroxylation is 2. The van der Waals surface area contributed by atoms with Crippen LogP contribution in [-0.4, -0.2) is 4.98 Å². The molecule has 0 bridgehead atoms. The Morgan fingerprint density at radius 1 is 1.05 bits per heavy atom. The number of nitrogens with one attached hydrogen (secondary N) is 2. The van der Waals surface area contributed by atoms with Crippen molar-refractivity contribution >= 4 is 22.5 Å². The first-order chi connectivity index (χ1) is 10.2. The predicted molar refractivity (Wildman–Crippen MR) is 85.3 cm³/mol. The van der Waals surface area contributed by atoms with Crippen molar-refractivity contribution in [2.45, 2.75) is 26.7 Å². The van der Waals surface area contributed by atoms with E-state index in [1.165, 1.54) is 11.1 Å². The van der Waals surface area contributed by atoms with Crippen molar-refractivity contribution < 1.29 is 4.42 Å². The highest BCUT2D eigenvalue weighted by Crippen LogP contribution is 2.29. The number of oxazole rings is 1. The summed E-state index contributed by atoms with van der Waals surface area (Å²) < 4.78 is 5.11. The SMILES string of the molecule is CCc1cccc(CC)c1Nc1cccc2oc(=O)[nH]c12. The number of benzene rings is 2. The first kappa shape index (κ1) is 13.5. The van der Waals surface area contributed by atoms with Crippen LogP contribution in [0.15, 0.2) is 45.6 Å². The topological polar surface area (TPSA) is 58.0 Å². The van der Waals surface area contributed by atoms with E-state index < -0.39 is 5.76 Å². The van der Waals surface area contributed by atoms with Crippen LogP contribution in [0.25, 0.3) is 11.1 Å². The molecule has 0 amide bonds. The Hall–Kier alpha value is -2.49. The fourth-order valence-corrected chi connectivity index (χ4v) is 2.61. The summed E-state index contributed by atoms with van der Waals surface area (Å²) in [7, 11) is 0. The van der Waals surface area contributed by atoms with E-state index in [0.717, 1.165) is 24.2 Å². The average molecular weight is 282 g/mol. The molecule has 0 unspecified atom stereocenters. The number of anilines is 2. The average Bonchev–Trinajstić information content (AvgIpc) is 2.88. The van der Waals surface area contributed by atoms with Crippen LogP contribution in [0, 0.1) is 0 Å². The zero-order chi connectivity index (χ0) is 14.8. The first-order valence-electron chi connectivity index (χ1n) is 7.22. The summed E-state index contributed by atoms with van der Waals surface area (Å²) in [5.74, 6) is -0.432. The van der Waals surface area contributed by atoms with Crippen molar-refractivity contribution in [1.82, 2.24) is 4.98 Å². The van der Waals surface area contributed by atoms with E-state index in [1.54, 1.807) is 6.07 Å². The van der Waals surface area contributed by atoms with Crippen molar-refractivity contribution in [3.8, 4) is 0 Å². The quantitative estimate of drug-likeness (QED) is 0.760. The third kappa shape index (κ3) is 2.44. The van der Waals surface area contributed by atoms with Gasteiger partial charge in [-0.25, -0.2) is 4.79 Å². The van der Waals surface area contributed by atoms with E-state index >= 15 is 0 Å². The van der Waals surface area contributed by atoms with Crippen molar-refractivity contribution in [2.24, 2.45) is 0 Å². The molecule has 0 atom stereocenters. The smallest absolute Gasteiger partial charge is 0.408 e. The highest BCUT2D eigenvalue weighted by molar-refractivity contribution is 5.89. The Bertz CT molecular complexity index is 808. The van der Waals surface area contributed by atoms with Crippen LogP contribution in [0.5, 0.6) is 0 Å². The molecule has 4 nitrogen and oxygen atoms in total. The molecule has 0 fully saturated rings. The van der Waals surface area contributed by atoms with E-state index in [4.69, 9.17) is 4.42 Å². The minimum absolute atomic E-state index is 0.432. The van der Waals surface area contributed by atoms with Crippen molar-refractivity contribution in [3.63, 3.8) is 0 Å². The van der Waals surface area contributed by atoms with Gasteiger partial charge in [-0.3, -0.25) is 4.98 Å². The van der Waals surface area contributed by atoms with E-state index in [9.17, 15) is 4.79 Å². The zero-order valence-corrected chi connectivity index (χ0v) is 12.2. The van der Waals surface area contributed by atoms with Crippen molar-refractivity contribution in [2.75, 3.05) is 5.32 Å². The zero-order valence-electron chi connectivity index (χ0n) is 12.2. The largest absolute Gasteiger partial charge is 0.417 e. The summed E-state index contributed by atoms with van der Waals surface area (Å²) >= 11 is 0. The highest BCUT2D eigenvalue weighted by Gasteiger charge is 2.10. The van der Waals surface area contributed by atoms with Crippen LogP contribution in [-0.2, 0) is 12.8 Å². The maximum atomic E-state index is 11.4. The Kier molecular flexibility index (Phi) is 3.52. The molecule has 3 aromatic rings. The fraction of sp³-hybridized carbons (Fsp3) is 0.235. The lowest BCUT2D eigenvalue weighted by Crippen LogP contribution is -2.01. The van der Waals surface area contributed by atoms with Gasteiger partial charge in [0, 0.05) is 5.69 Å². The lowest BCUT2D eigenvalue weighted by Gasteiger charge is -2.15. The molecule has 21 heavy (non-hydrogen) atoms. The van der Waals surface area contributed by atoms with E-state index in [0.29, 0.717) is 11.1 Å². The third-order valence-electron chi connectivity index (χ3n) is 3.71. The minimum atomic E-state index is -0.432. The minimum Gasteiger partial charge on any atom is -0.408 e. The van der Waals surface area contributed by atoms with Crippen LogP contribution in [0.2, 0.25) is 0 Å².